The molecule has 0 heterocycles. The van der Waals surface area contributed by atoms with Gasteiger partial charge in [0.05, 0.1) is 11.7 Å². The summed E-state index contributed by atoms with van der Waals surface area (Å²) in [6.45, 7) is 8.67. The van der Waals surface area contributed by atoms with Gasteiger partial charge in [-0.15, -0.1) is 0 Å². The Hall–Kier alpha value is -0.610. The first-order valence-electron chi connectivity index (χ1n) is 6.82. The molecular formula is C14H27NO3. The fourth-order valence-corrected chi connectivity index (χ4v) is 2.30. The molecule has 4 heteroatoms. The Balaban J connectivity index is 2.45. The molecule has 0 aromatic rings. The van der Waals surface area contributed by atoms with E-state index < -0.39 is 0 Å². The van der Waals surface area contributed by atoms with Gasteiger partial charge in [-0.25, -0.2) is 4.79 Å². The molecule has 1 rings (SSSR count). The second-order valence-electron chi connectivity index (χ2n) is 6.38. The third-order valence-corrected chi connectivity index (χ3v) is 3.75. The van der Waals surface area contributed by atoms with Gasteiger partial charge in [-0.2, -0.15) is 0 Å². The number of esters is 1. The summed E-state index contributed by atoms with van der Waals surface area (Å²) in [4.78, 5) is 11.5. The van der Waals surface area contributed by atoms with Gasteiger partial charge in [-0.05, 0) is 44.9 Å². The third-order valence-electron chi connectivity index (χ3n) is 3.75. The van der Waals surface area contributed by atoms with Crippen LogP contribution in [0.4, 0.5) is 0 Å². The fraction of sp³-hybridized carbons (Fsp3) is 0.929. The highest BCUT2D eigenvalue weighted by Gasteiger charge is 2.38. The van der Waals surface area contributed by atoms with Gasteiger partial charge in [0.25, 0.3) is 0 Å². The summed E-state index contributed by atoms with van der Waals surface area (Å²) < 4.78 is 10.8. The average Bonchev–Trinajstić information content (AvgIpc) is 2.28. The minimum absolute atomic E-state index is 0.00973. The Bertz CT molecular complexity index is 277. The molecule has 1 saturated carbocycles. The highest BCUT2D eigenvalue weighted by Crippen LogP contribution is 2.41. The van der Waals surface area contributed by atoms with Crippen molar-refractivity contribution in [2.24, 2.45) is 11.1 Å². The van der Waals surface area contributed by atoms with E-state index in [2.05, 4.69) is 13.8 Å². The highest BCUT2D eigenvalue weighted by molar-refractivity contribution is 5.70. The lowest BCUT2D eigenvalue weighted by Gasteiger charge is -2.42. The summed E-state index contributed by atoms with van der Waals surface area (Å²) in [5, 5.41) is 0. The van der Waals surface area contributed by atoms with E-state index in [0.717, 1.165) is 25.7 Å². The van der Waals surface area contributed by atoms with E-state index in [1.165, 1.54) is 0 Å². The summed E-state index contributed by atoms with van der Waals surface area (Å²) in [6, 6.07) is 0. The van der Waals surface area contributed by atoms with Crippen molar-refractivity contribution >= 4 is 5.97 Å². The Morgan fingerprint density at radius 3 is 2.22 bits per heavy atom. The van der Waals surface area contributed by atoms with Gasteiger partial charge in [0.15, 0.2) is 0 Å². The zero-order valence-corrected chi connectivity index (χ0v) is 12.1. The normalized spacial score (nSPS) is 21.9. The molecule has 0 saturated heterocycles. The highest BCUT2D eigenvalue weighted by atomic mass is 16.6. The minimum atomic E-state index is -0.328. The van der Waals surface area contributed by atoms with Gasteiger partial charge < -0.3 is 15.2 Å². The number of hydrogen-bond acceptors (Lipinski definition) is 4. The molecule has 0 aromatic heterocycles. The van der Waals surface area contributed by atoms with Gasteiger partial charge in [0.1, 0.15) is 6.61 Å². The van der Waals surface area contributed by atoms with Crippen molar-refractivity contribution in [3.05, 3.63) is 0 Å². The topological polar surface area (TPSA) is 61.5 Å². The first-order valence-corrected chi connectivity index (χ1v) is 6.82. The van der Waals surface area contributed by atoms with Crippen LogP contribution < -0.4 is 5.73 Å². The fourth-order valence-electron chi connectivity index (χ4n) is 2.30. The Kier molecular flexibility index (Phi) is 5.17. The van der Waals surface area contributed by atoms with Crippen LogP contribution in [0.15, 0.2) is 0 Å². The molecule has 1 fully saturated rings. The van der Waals surface area contributed by atoms with E-state index in [9.17, 15) is 4.79 Å². The molecular weight excluding hydrogens is 230 g/mol. The summed E-state index contributed by atoms with van der Waals surface area (Å²) >= 11 is 0. The van der Waals surface area contributed by atoms with Crippen LogP contribution in [0.3, 0.4) is 0 Å². The van der Waals surface area contributed by atoms with Crippen molar-refractivity contribution in [2.75, 3.05) is 13.2 Å². The second-order valence-corrected chi connectivity index (χ2v) is 6.38. The lowest BCUT2D eigenvalue weighted by atomic mass is 9.71. The van der Waals surface area contributed by atoms with E-state index >= 15 is 0 Å². The van der Waals surface area contributed by atoms with Gasteiger partial charge in [0, 0.05) is 6.54 Å². The predicted octanol–water partition coefficient (Wildman–Crippen LogP) is 2.25. The van der Waals surface area contributed by atoms with Crippen LogP contribution in [0.25, 0.3) is 0 Å². The summed E-state index contributed by atoms with van der Waals surface area (Å²) in [6.07, 6.45) is 3.92. The number of rotatable bonds is 5. The Labute approximate surface area is 110 Å². The maximum atomic E-state index is 11.5. The molecule has 0 atom stereocenters. The number of nitrogens with two attached hydrogens (primary N) is 1. The van der Waals surface area contributed by atoms with Crippen molar-refractivity contribution < 1.29 is 14.3 Å². The predicted molar refractivity (Wildman–Crippen MR) is 71.2 cm³/mol. The summed E-state index contributed by atoms with van der Waals surface area (Å²) in [5.74, 6) is -0.303. The lowest BCUT2D eigenvalue weighted by Crippen LogP contribution is -2.46. The van der Waals surface area contributed by atoms with E-state index in [1.807, 2.05) is 13.8 Å². The molecule has 0 radical (unpaired) electrons. The number of ether oxygens (including phenoxy) is 2. The molecule has 0 aromatic carbocycles. The second kappa shape index (κ2) is 6.02. The summed E-state index contributed by atoms with van der Waals surface area (Å²) in [5.41, 5.74) is 5.87. The molecule has 0 bridgehead atoms. The summed E-state index contributed by atoms with van der Waals surface area (Å²) in [7, 11) is 0. The van der Waals surface area contributed by atoms with Gasteiger partial charge in [0.2, 0.25) is 0 Å². The molecule has 0 aliphatic heterocycles. The largest absolute Gasteiger partial charge is 0.461 e. The smallest absolute Gasteiger partial charge is 0.332 e. The zero-order valence-electron chi connectivity index (χ0n) is 12.1. The standard InChI is InChI=1S/C14H27NO3/c1-11(2)18-12(16)9-17-14(10-15)7-5-13(3,4)6-8-14/h11H,5-10,15H2,1-4H3. The van der Waals surface area contributed by atoms with Crippen molar-refractivity contribution in [3.8, 4) is 0 Å². The number of carbonyl (C=O) groups excluding carboxylic acids is 1. The third kappa shape index (κ3) is 4.58. The Morgan fingerprint density at radius 2 is 1.78 bits per heavy atom. The van der Waals surface area contributed by atoms with Crippen molar-refractivity contribution in [1.29, 1.82) is 0 Å². The van der Waals surface area contributed by atoms with E-state index in [0.29, 0.717) is 12.0 Å². The van der Waals surface area contributed by atoms with E-state index in [4.69, 9.17) is 15.2 Å². The van der Waals surface area contributed by atoms with Crippen LogP contribution in [0.2, 0.25) is 0 Å². The molecule has 18 heavy (non-hydrogen) atoms. The van der Waals surface area contributed by atoms with Crippen LogP contribution >= 0.6 is 0 Å². The van der Waals surface area contributed by atoms with Crippen LogP contribution in [0.5, 0.6) is 0 Å². The molecule has 0 spiro atoms. The molecule has 1 aliphatic carbocycles. The lowest BCUT2D eigenvalue weighted by molar-refractivity contribution is -0.163. The van der Waals surface area contributed by atoms with Crippen LogP contribution in [0, 0.1) is 5.41 Å². The van der Waals surface area contributed by atoms with E-state index in [-0.39, 0.29) is 24.3 Å². The first kappa shape index (κ1) is 15.4. The first-order chi connectivity index (χ1) is 8.29. The molecule has 1 aliphatic rings. The molecule has 2 N–H and O–H groups in total. The molecule has 106 valence electrons. The SMILES string of the molecule is CC(C)OC(=O)COC1(CN)CCC(C)(C)CC1. The maximum absolute atomic E-state index is 11.5. The molecule has 0 unspecified atom stereocenters. The Morgan fingerprint density at radius 1 is 1.22 bits per heavy atom. The van der Waals surface area contributed by atoms with Gasteiger partial charge >= 0.3 is 5.97 Å². The minimum Gasteiger partial charge on any atom is -0.461 e. The number of hydrogen-bond donors (Lipinski definition) is 1. The monoisotopic (exact) mass is 257 g/mol. The maximum Gasteiger partial charge on any atom is 0.332 e. The van der Waals surface area contributed by atoms with Crippen LogP contribution in [0.1, 0.15) is 53.4 Å². The van der Waals surface area contributed by atoms with Crippen molar-refractivity contribution in [3.63, 3.8) is 0 Å². The van der Waals surface area contributed by atoms with Crippen molar-refractivity contribution in [1.82, 2.24) is 0 Å². The van der Waals surface area contributed by atoms with Gasteiger partial charge in [-0.3, -0.25) is 0 Å². The average molecular weight is 257 g/mol. The molecule has 4 nitrogen and oxygen atoms in total. The molecule has 0 amide bonds. The quantitative estimate of drug-likeness (QED) is 0.767. The van der Waals surface area contributed by atoms with Crippen LogP contribution in [-0.4, -0.2) is 30.8 Å². The number of carbonyl (C=O) groups is 1. The van der Waals surface area contributed by atoms with E-state index in [1.54, 1.807) is 0 Å². The van der Waals surface area contributed by atoms with Crippen molar-refractivity contribution in [2.45, 2.75) is 65.1 Å². The zero-order chi connectivity index (χ0) is 13.8. The van der Waals surface area contributed by atoms with Gasteiger partial charge in [-0.1, -0.05) is 13.8 Å². The van der Waals surface area contributed by atoms with Crippen LogP contribution in [-0.2, 0) is 14.3 Å².